The molecule has 1 rings (SSSR count). The number of ether oxygens (including phenoxy) is 2. The zero-order chi connectivity index (χ0) is 13.8. The fourth-order valence-corrected chi connectivity index (χ4v) is 1.46. The molecule has 0 N–H and O–H groups in total. The minimum atomic E-state index is -0.788. The Hall–Kier alpha value is -1.73. The molecule has 0 unspecified atom stereocenters. The molecule has 0 spiro atoms. The van der Waals surface area contributed by atoms with Gasteiger partial charge in [-0.05, 0) is 26.0 Å². The molecule has 96 valence electrons. The van der Waals surface area contributed by atoms with Gasteiger partial charge in [0.05, 0.1) is 18.1 Å². The Morgan fingerprint density at radius 1 is 1.50 bits per heavy atom. The number of nitrogens with zero attached hydrogens (tertiary/aromatic N) is 1. The fourth-order valence-electron chi connectivity index (χ4n) is 1.30. The summed E-state index contributed by atoms with van der Waals surface area (Å²) in [6.07, 6.45) is 0. The van der Waals surface area contributed by atoms with Crippen molar-refractivity contribution in [1.82, 2.24) is 0 Å². The number of halogens is 1. The van der Waals surface area contributed by atoms with Crippen LogP contribution >= 0.6 is 11.6 Å². The lowest BCUT2D eigenvalue weighted by Gasteiger charge is -2.22. The molecule has 0 bridgehead atoms. The van der Waals surface area contributed by atoms with E-state index in [0.29, 0.717) is 16.3 Å². The number of hydrogen-bond acceptors (Lipinski definition) is 4. The Bertz CT molecular complexity index is 491. The molecule has 5 heteroatoms. The third-order valence-electron chi connectivity index (χ3n) is 2.39. The van der Waals surface area contributed by atoms with Crippen LogP contribution in [0.4, 0.5) is 0 Å². The summed E-state index contributed by atoms with van der Waals surface area (Å²) in [6.45, 7) is 3.51. The van der Waals surface area contributed by atoms with Gasteiger partial charge in [-0.1, -0.05) is 11.6 Å². The molecule has 0 saturated carbocycles. The molecular formula is C13H14ClNO3. The molecular weight excluding hydrogens is 254 g/mol. The number of carbonyl (C=O) groups is 1. The van der Waals surface area contributed by atoms with Crippen LogP contribution in [0.1, 0.15) is 19.4 Å². The number of hydrogen-bond donors (Lipinski definition) is 0. The quantitative estimate of drug-likeness (QED) is 0.787. The lowest BCUT2D eigenvalue weighted by molar-refractivity contribution is -0.152. The van der Waals surface area contributed by atoms with E-state index in [-0.39, 0.29) is 12.6 Å². The van der Waals surface area contributed by atoms with Crippen LogP contribution in [-0.2, 0) is 9.53 Å². The first-order valence-electron chi connectivity index (χ1n) is 5.31. The van der Waals surface area contributed by atoms with Crippen molar-refractivity contribution in [3.05, 3.63) is 28.8 Å². The lowest BCUT2D eigenvalue weighted by atomic mass is 9.95. The molecule has 1 aromatic carbocycles. The average Bonchev–Trinajstić information content (AvgIpc) is 2.35. The SMILES string of the molecule is COC(=O)C(C)(C)COc1cc(Cl)ccc1C#N. The second-order valence-electron chi connectivity index (χ2n) is 4.42. The standard InChI is InChI=1S/C13H14ClNO3/c1-13(2,12(16)17-3)8-18-11-6-10(14)5-4-9(11)7-15/h4-6H,8H2,1-3H3. The van der Waals surface area contributed by atoms with Gasteiger partial charge in [0.1, 0.15) is 18.4 Å². The van der Waals surface area contributed by atoms with E-state index in [4.69, 9.17) is 21.6 Å². The lowest BCUT2D eigenvalue weighted by Crippen LogP contribution is -2.32. The summed E-state index contributed by atoms with van der Waals surface area (Å²) >= 11 is 5.83. The van der Waals surface area contributed by atoms with Crippen LogP contribution in [0.5, 0.6) is 5.75 Å². The van der Waals surface area contributed by atoms with Crippen LogP contribution in [0, 0.1) is 16.7 Å². The number of nitriles is 1. The van der Waals surface area contributed by atoms with Gasteiger partial charge in [0, 0.05) is 11.1 Å². The maximum absolute atomic E-state index is 11.5. The molecule has 0 fully saturated rings. The van der Waals surface area contributed by atoms with Crippen LogP contribution in [0.3, 0.4) is 0 Å². The highest BCUT2D eigenvalue weighted by molar-refractivity contribution is 6.30. The maximum Gasteiger partial charge on any atom is 0.314 e. The van der Waals surface area contributed by atoms with E-state index in [2.05, 4.69) is 4.74 Å². The molecule has 0 heterocycles. The van der Waals surface area contributed by atoms with Gasteiger partial charge in [-0.15, -0.1) is 0 Å². The smallest absolute Gasteiger partial charge is 0.314 e. The van der Waals surface area contributed by atoms with E-state index < -0.39 is 5.41 Å². The molecule has 1 aromatic rings. The molecule has 0 radical (unpaired) electrons. The summed E-state index contributed by atoms with van der Waals surface area (Å²) < 4.78 is 10.2. The second-order valence-corrected chi connectivity index (χ2v) is 4.85. The van der Waals surface area contributed by atoms with Crippen molar-refractivity contribution >= 4 is 17.6 Å². The van der Waals surface area contributed by atoms with Crippen LogP contribution in [-0.4, -0.2) is 19.7 Å². The highest BCUT2D eigenvalue weighted by Gasteiger charge is 2.30. The van der Waals surface area contributed by atoms with Crippen LogP contribution in [0.15, 0.2) is 18.2 Å². The molecule has 4 nitrogen and oxygen atoms in total. The Balaban J connectivity index is 2.84. The van der Waals surface area contributed by atoms with Crippen molar-refractivity contribution in [1.29, 1.82) is 5.26 Å². The van der Waals surface area contributed by atoms with Crippen molar-refractivity contribution < 1.29 is 14.3 Å². The molecule has 18 heavy (non-hydrogen) atoms. The number of carbonyl (C=O) groups excluding carboxylic acids is 1. The summed E-state index contributed by atoms with van der Waals surface area (Å²) in [5.41, 5.74) is -0.413. The Morgan fingerprint density at radius 3 is 2.72 bits per heavy atom. The van der Waals surface area contributed by atoms with Gasteiger partial charge in [-0.2, -0.15) is 5.26 Å². The topological polar surface area (TPSA) is 59.3 Å². The molecule has 0 amide bonds. The molecule has 0 aliphatic carbocycles. The number of rotatable bonds is 4. The molecule has 0 atom stereocenters. The predicted octanol–water partition coefficient (Wildman–Crippen LogP) is 2.79. The average molecular weight is 268 g/mol. The normalized spacial score (nSPS) is 10.6. The van der Waals surface area contributed by atoms with Crippen molar-refractivity contribution in [2.24, 2.45) is 5.41 Å². The monoisotopic (exact) mass is 267 g/mol. The van der Waals surface area contributed by atoms with Crippen molar-refractivity contribution in [3.8, 4) is 11.8 Å². The molecule has 0 aromatic heterocycles. The second kappa shape index (κ2) is 5.74. The number of methoxy groups -OCH3 is 1. The highest BCUT2D eigenvalue weighted by atomic mass is 35.5. The van der Waals surface area contributed by atoms with Gasteiger partial charge >= 0.3 is 5.97 Å². The van der Waals surface area contributed by atoms with Crippen LogP contribution in [0.2, 0.25) is 5.02 Å². The Morgan fingerprint density at radius 2 is 2.17 bits per heavy atom. The van der Waals surface area contributed by atoms with Crippen LogP contribution < -0.4 is 4.74 Å². The molecule has 0 aliphatic heterocycles. The summed E-state index contributed by atoms with van der Waals surface area (Å²) in [7, 11) is 1.32. The van der Waals surface area contributed by atoms with Crippen molar-refractivity contribution in [2.45, 2.75) is 13.8 Å². The first-order valence-corrected chi connectivity index (χ1v) is 5.69. The number of esters is 1. The summed E-state index contributed by atoms with van der Waals surface area (Å²) in [6, 6.07) is 6.73. The summed E-state index contributed by atoms with van der Waals surface area (Å²) in [5.74, 6) is -0.00925. The largest absolute Gasteiger partial charge is 0.491 e. The first kappa shape index (κ1) is 14.3. The van der Waals surface area contributed by atoms with Crippen molar-refractivity contribution in [2.75, 3.05) is 13.7 Å². The summed E-state index contributed by atoms with van der Waals surface area (Å²) in [5, 5.41) is 9.40. The van der Waals surface area contributed by atoms with Crippen LogP contribution in [0.25, 0.3) is 0 Å². The van der Waals surface area contributed by atoms with Gasteiger partial charge in [0.15, 0.2) is 0 Å². The van der Waals surface area contributed by atoms with E-state index in [1.165, 1.54) is 7.11 Å². The first-order chi connectivity index (χ1) is 8.40. The number of benzene rings is 1. The van der Waals surface area contributed by atoms with Gasteiger partial charge in [-0.3, -0.25) is 4.79 Å². The Labute approximate surface area is 111 Å². The van der Waals surface area contributed by atoms with Gasteiger partial charge in [0.25, 0.3) is 0 Å². The minimum Gasteiger partial charge on any atom is -0.491 e. The highest BCUT2D eigenvalue weighted by Crippen LogP contribution is 2.25. The van der Waals surface area contributed by atoms with E-state index >= 15 is 0 Å². The van der Waals surface area contributed by atoms with E-state index in [1.807, 2.05) is 6.07 Å². The van der Waals surface area contributed by atoms with Gasteiger partial charge in [-0.25, -0.2) is 0 Å². The molecule has 0 aliphatic rings. The zero-order valence-electron chi connectivity index (χ0n) is 10.5. The fraction of sp³-hybridized carbons (Fsp3) is 0.385. The predicted molar refractivity (Wildman–Crippen MR) is 67.5 cm³/mol. The van der Waals surface area contributed by atoms with Gasteiger partial charge < -0.3 is 9.47 Å². The third-order valence-corrected chi connectivity index (χ3v) is 2.63. The zero-order valence-corrected chi connectivity index (χ0v) is 11.2. The van der Waals surface area contributed by atoms with Crippen molar-refractivity contribution in [3.63, 3.8) is 0 Å². The van der Waals surface area contributed by atoms with Gasteiger partial charge in [0.2, 0.25) is 0 Å². The molecule has 0 saturated heterocycles. The van der Waals surface area contributed by atoms with E-state index in [1.54, 1.807) is 32.0 Å². The minimum absolute atomic E-state index is 0.106. The summed E-state index contributed by atoms with van der Waals surface area (Å²) in [4.78, 5) is 11.5. The maximum atomic E-state index is 11.5. The Kier molecular flexibility index (Phi) is 4.57. The van der Waals surface area contributed by atoms with E-state index in [9.17, 15) is 4.79 Å². The third kappa shape index (κ3) is 3.38. The van der Waals surface area contributed by atoms with E-state index in [0.717, 1.165) is 0 Å².